The molecule has 216 valence electrons. The Balaban J connectivity index is 1.54. The minimum Gasteiger partial charge on any atom is -0.487 e. The molecular weight excluding hydrogens is 548 g/mol. The lowest BCUT2D eigenvalue weighted by molar-refractivity contribution is 0.0461. The maximum absolute atomic E-state index is 13.3. The molecule has 3 aliphatic rings. The van der Waals surface area contributed by atoms with Crippen LogP contribution in [-0.4, -0.2) is 43.9 Å². The number of anilines is 1. The fourth-order valence-corrected chi connectivity index (χ4v) is 7.47. The van der Waals surface area contributed by atoms with Gasteiger partial charge in [-0.15, -0.1) is 0 Å². The minimum atomic E-state index is -3.91. The lowest BCUT2D eigenvalue weighted by atomic mass is 9.70. The van der Waals surface area contributed by atoms with Crippen molar-refractivity contribution in [3.63, 3.8) is 0 Å². The van der Waals surface area contributed by atoms with E-state index in [0.717, 1.165) is 56.4 Å². The summed E-state index contributed by atoms with van der Waals surface area (Å²) in [5.41, 5.74) is 3.29. The fraction of sp³-hybridized carbons (Fsp3) is 0.516. The second-order valence-corrected chi connectivity index (χ2v) is 14.1. The van der Waals surface area contributed by atoms with Crippen LogP contribution >= 0.6 is 11.6 Å². The number of amides is 1. The van der Waals surface area contributed by atoms with Crippen LogP contribution in [0.25, 0.3) is 0 Å². The number of aliphatic hydroxyl groups is 1. The van der Waals surface area contributed by atoms with Gasteiger partial charge in [-0.3, -0.25) is 4.79 Å². The molecule has 2 aliphatic heterocycles. The average molecular weight is 587 g/mol. The van der Waals surface area contributed by atoms with Gasteiger partial charge in [0.25, 0.3) is 5.91 Å². The largest absolute Gasteiger partial charge is 0.487 e. The van der Waals surface area contributed by atoms with Crippen molar-refractivity contribution in [2.75, 3.05) is 18.0 Å². The van der Waals surface area contributed by atoms with E-state index in [-0.39, 0.29) is 17.4 Å². The third-order valence-electron chi connectivity index (χ3n) is 8.97. The van der Waals surface area contributed by atoms with E-state index < -0.39 is 27.3 Å². The van der Waals surface area contributed by atoms with Crippen LogP contribution in [-0.2, 0) is 23.1 Å². The number of fused-ring (bicyclic) bond motifs is 3. The maximum atomic E-state index is 13.3. The van der Waals surface area contributed by atoms with Crippen molar-refractivity contribution in [2.45, 2.75) is 70.3 Å². The summed E-state index contributed by atoms with van der Waals surface area (Å²) in [6.45, 7) is 5.30. The predicted molar refractivity (Wildman–Crippen MR) is 158 cm³/mol. The number of sulfonamides is 1. The van der Waals surface area contributed by atoms with E-state index in [1.807, 2.05) is 37.3 Å². The van der Waals surface area contributed by atoms with E-state index in [2.05, 4.69) is 9.62 Å². The molecule has 7 nitrogen and oxygen atoms in total. The van der Waals surface area contributed by atoms with Crippen molar-refractivity contribution in [1.82, 2.24) is 4.72 Å². The van der Waals surface area contributed by atoms with Gasteiger partial charge in [-0.2, -0.15) is 0 Å². The van der Waals surface area contributed by atoms with Crippen molar-refractivity contribution in [2.24, 2.45) is 17.8 Å². The second-order valence-electron chi connectivity index (χ2n) is 11.6. The lowest BCUT2D eigenvalue weighted by Crippen LogP contribution is -2.43. The van der Waals surface area contributed by atoms with Crippen molar-refractivity contribution in [1.29, 1.82) is 0 Å². The average Bonchev–Trinajstić information content (AvgIpc) is 2.92. The molecule has 2 aromatic carbocycles. The Labute approximate surface area is 242 Å². The highest BCUT2D eigenvalue weighted by atomic mass is 35.5. The Hall–Kier alpha value is -2.55. The first-order valence-electron chi connectivity index (χ1n) is 14.3. The monoisotopic (exact) mass is 586 g/mol. The summed E-state index contributed by atoms with van der Waals surface area (Å²) >= 11 is 6.29. The van der Waals surface area contributed by atoms with Crippen LogP contribution in [0.3, 0.4) is 0 Å². The summed E-state index contributed by atoms with van der Waals surface area (Å²) in [4.78, 5) is 15.5. The SMILES string of the molecule is C[C@H]1C/C=C/[C@H](O)[C@@H]2CC[C@H]2CN2CCCCc3cc(Cl)ccc3COc3ccc(cc32)C(=O)NS(=O)(=O)[C@H]1C. The number of halogens is 1. The second kappa shape index (κ2) is 12.1. The highest BCUT2D eigenvalue weighted by Gasteiger charge is 2.37. The third kappa shape index (κ3) is 6.34. The zero-order valence-electron chi connectivity index (χ0n) is 23.2. The molecule has 5 rings (SSSR count). The van der Waals surface area contributed by atoms with E-state index >= 15 is 0 Å². The Morgan fingerprint density at radius 3 is 2.67 bits per heavy atom. The Kier molecular flexibility index (Phi) is 8.78. The Morgan fingerprint density at radius 1 is 1.07 bits per heavy atom. The van der Waals surface area contributed by atoms with Crippen LogP contribution in [0.1, 0.15) is 67.4 Å². The van der Waals surface area contributed by atoms with E-state index in [1.54, 1.807) is 25.1 Å². The quantitative estimate of drug-likeness (QED) is 0.396. The van der Waals surface area contributed by atoms with Gasteiger partial charge in [-0.1, -0.05) is 36.7 Å². The van der Waals surface area contributed by atoms with Gasteiger partial charge in [0, 0.05) is 23.7 Å². The molecule has 2 N–H and O–H groups in total. The number of aryl methyl sites for hydroxylation is 1. The van der Waals surface area contributed by atoms with Crippen LogP contribution in [0.4, 0.5) is 5.69 Å². The zero-order chi connectivity index (χ0) is 28.4. The molecule has 1 fully saturated rings. The first kappa shape index (κ1) is 29.0. The molecule has 0 unspecified atom stereocenters. The molecule has 1 saturated carbocycles. The number of allylic oxidation sites excluding steroid dienone is 1. The number of rotatable bonds is 0. The number of hydrogen-bond acceptors (Lipinski definition) is 6. The van der Waals surface area contributed by atoms with Gasteiger partial charge < -0.3 is 14.7 Å². The highest BCUT2D eigenvalue weighted by molar-refractivity contribution is 7.90. The summed E-state index contributed by atoms with van der Waals surface area (Å²) < 4.78 is 34.8. The van der Waals surface area contributed by atoms with Gasteiger partial charge in [0.15, 0.2) is 0 Å². The Morgan fingerprint density at radius 2 is 1.90 bits per heavy atom. The molecule has 2 heterocycles. The van der Waals surface area contributed by atoms with Crippen molar-refractivity contribution >= 4 is 33.2 Å². The van der Waals surface area contributed by atoms with Crippen LogP contribution in [0, 0.1) is 17.8 Å². The maximum Gasteiger partial charge on any atom is 0.264 e. The minimum absolute atomic E-state index is 0.140. The first-order valence-corrected chi connectivity index (χ1v) is 16.2. The Bertz CT molecular complexity index is 1380. The number of ether oxygens (including phenoxy) is 1. The van der Waals surface area contributed by atoms with Crippen molar-refractivity contribution < 1.29 is 23.1 Å². The van der Waals surface area contributed by atoms with Gasteiger partial charge in [0.05, 0.1) is 17.0 Å². The molecule has 40 heavy (non-hydrogen) atoms. The number of nitrogens with zero attached hydrogens (tertiary/aromatic N) is 1. The van der Waals surface area contributed by atoms with Crippen LogP contribution in [0.5, 0.6) is 5.75 Å². The molecular formula is C31H39ClN2O5S. The molecule has 9 heteroatoms. The van der Waals surface area contributed by atoms with Crippen LogP contribution in [0.15, 0.2) is 48.6 Å². The lowest BCUT2D eigenvalue weighted by Gasteiger charge is -2.42. The summed E-state index contributed by atoms with van der Waals surface area (Å²) in [6, 6.07) is 11.0. The molecule has 0 radical (unpaired) electrons. The van der Waals surface area contributed by atoms with E-state index in [0.29, 0.717) is 29.7 Å². The summed E-state index contributed by atoms with van der Waals surface area (Å²) in [6.07, 6.45) is 8.39. The first-order chi connectivity index (χ1) is 19.1. The summed E-state index contributed by atoms with van der Waals surface area (Å²) in [5.74, 6) is 0.210. The predicted octanol–water partition coefficient (Wildman–Crippen LogP) is 5.49. The van der Waals surface area contributed by atoms with Gasteiger partial charge in [-0.25, -0.2) is 13.1 Å². The number of aliphatic hydroxyl groups excluding tert-OH is 1. The molecule has 5 atom stereocenters. The third-order valence-corrected chi connectivity index (χ3v) is 11.1. The summed E-state index contributed by atoms with van der Waals surface area (Å²) in [7, 11) is -3.91. The standard InChI is InChI=1S/C31H39ClN2O5S/c1-20-6-5-8-29(35)27-13-10-24(27)18-34-15-4-3-7-22-16-26(32)12-9-25(22)19-39-30-14-11-23(17-28(30)34)31(36)33-40(37,38)21(20)2/h5,8-9,11-12,14,16-17,20-21,24,27,29,35H,3-4,6-7,10,13,15,18-19H2,1-2H3,(H,33,36)/b8-5+/t20-,21-,24-,27+,29-/m0/s1. The van der Waals surface area contributed by atoms with Crippen molar-refractivity contribution in [3.8, 4) is 5.75 Å². The van der Waals surface area contributed by atoms with E-state index in [1.165, 1.54) is 5.56 Å². The van der Waals surface area contributed by atoms with Crippen LogP contribution in [0.2, 0.25) is 5.02 Å². The van der Waals surface area contributed by atoms with Crippen molar-refractivity contribution in [3.05, 3.63) is 70.3 Å². The van der Waals surface area contributed by atoms with Gasteiger partial charge in [-0.05, 0) is 105 Å². The number of benzene rings is 2. The molecule has 1 aliphatic carbocycles. The number of nitrogens with one attached hydrogen (secondary N) is 1. The molecule has 2 aromatic rings. The number of carbonyl (C=O) groups excluding carboxylic acids is 1. The molecule has 0 saturated heterocycles. The zero-order valence-corrected chi connectivity index (χ0v) is 24.8. The highest BCUT2D eigenvalue weighted by Crippen LogP contribution is 2.41. The van der Waals surface area contributed by atoms with Gasteiger partial charge in [0.2, 0.25) is 10.0 Å². The fourth-order valence-electron chi connectivity index (χ4n) is 5.99. The van der Waals surface area contributed by atoms with Gasteiger partial charge in [0.1, 0.15) is 12.4 Å². The molecule has 2 bridgehead atoms. The van der Waals surface area contributed by atoms with E-state index in [4.69, 9.17) is 16.3 Å². The molecule has 1 amide bonds. The van der Waals surface area contributed by atoms with Crippen LogP contribution < -0.4 is 14.4 Å². The normalized spacial score (nSPS) is 29.9. The molecule has 0 spiro atoms. The summed E-state index contributed by atoms with van der Waals surface area (Å²) in [5, 5.41) is 10.9. The van der Waals surface area contributed by atoms with Gasteiger partial charge >= 0.3 is 0 Å². The number of carbonyl (C=O) groups is 1. The number of hydrogen-bond donors (Lipinski definition) is 2. The molecule has 0 aromatic heterocycles. The topological polar surface area (TPSA) is 95.9 Å². The van der Waals surface area contributed by atoms with E-state index in [9.17, 15) is 18.3 Å². The smallest absolute Gasteiger partial charge is 0.264 e.